The van der Waals surface area contributed by atoms with Crippen molar-refractivity contribution >= 4 is 28.2 Å². The van der Waals surface area contributed by atoms with Crippen molar-refractivity contribution in [2.45, 2.75) is 27.2 Å². The van der Waals surface area contributed by atoms with Crippen LogP contribution in [0.1, 0.15) is 29.2 Å². The van der Waals surface area contributed by atoms with E-state index in [0.29, 0.717) is 5.56 Å². The zero-order valence-electron chi connectivity index (χ0n) is 15.2. The summed E-state index contributed by atoms with van der Waals surface area (Å²) in [6, 6.07) is 18.9. The summed E-state index contributed by atoms with van der Waals surface area (Å²) in [5, 5.41) is 13.4. The Hall–Kier alpha value is -3.32. The molecule has 0 fully saturated rings. The number of hydrogen-bond donors (Lipinski definition) is 2. The highest BCUT2D eigenvalue weighted by atomic mass is 15.1. The Morgan fingerprint density at radius 2 is 1.92 bits per heavy atom. The molecule has 0 aliphatic carbocycles. The number of rotatable bonds is 3. The molecule has 0 radical (unpaired) electrons. The number of pyridine rings is 1. The third-order valence-corrected chi connectivity index (χ3v) is 4.94. The van der Waals surface area contributed by atoms with Crippen molar-refractivity contribution in [1.29, 1.82) is 5.26 Å². The van der Waals surface area contributed by atoms with E-state index in [1.165, 1.54) is 5.56 Å². The van der Waals surface area contributed by atoms with Crippen molar-refractivity contribution in [3.63, 3.8) is 0 Å². The van der Waals surface area contributed by atoms with E-state index in [2.05, 4.69) is 64.9 Å². The molecule has 0 saturated heterocycles. The first-order valence-corrected chi connectivity index (χ1v) is 8.85. The van der Waals surface area contributed by atoms with Gasteiger partial charge in [-0.3, -0.25) is 10.3 Å². The predicted molar refractivity (Wildman–Crippen MR) is 105 cm³/mol. The summed E-state index contributed by atoms with van der Waals surface area (Å²) in [5.41, 5.74) is 8.04. The SMILES string of the molecule is CCc1c(C)c(C#N)c2[nH]c3ccccc3[n+]2c1Nc1cccc(C)c1. The summed E-state index contributed by atoms with van der Waals surface area (Å²) in [7, 11) is 0. The lowest BCUT2D eigenvalue weighted by molar-refractivity contribution is -0.465. The largest absolute Gasteiger partial charge is 0.273 e. The zero-order valence-corrected chi connectivity index (χ0v) is 15.2. The molecule has 4 aromatic rings. The number of aryl methyl sites for hydroxylation is 1. The van der Waals surface area contributed by atoms with Crippen LogP contribution in [0.5, 0.6) is 0 Å². The van der Waals surface area contributed by atoms with Crippen LogP contribution in [-0.4, -0.2) is 4.98 Å². The second kappa shape index (κ2) is 6.20. The number of para-hydroxylation sites is 2. The van der Waals surface area contributed by atoms with Crippen molar-refractivity contribution in [2.75, 3.05) is 5.32 Å². The van der Waals surface area contributed by atoms with Crippen LogP contribution in [0.2, 0.25) is 0 Å². The monoisotopic (exact) mass is 341 g/mol. The van der Waals surface area contributed by atoms with E-state index in [9.17, 15) is 5.26 Å². The lowest BCUT2D eigenvalue weighted by atomic mass is 10.0. The number of nitrogens with zero attached hydrogens (tertiary/aromatic N) is 2. The first-order chi connectivity index (χ1) is 12.6. The molecule has 128 valence electrons. The Kier molecular flexibility index (Phi) is 3.85. The predicted octanol–water partition coefficient (Wildman–Crippen LogP) is 4.70. The first kappa shape index (κ1) is 16.2. The van der Waals surface area contributed by atoms with Gasteiger partial charge in [-0.15, -0.1) is 0 Å². The minimum Gasteiger partial charge on any atom is -0.273 e. The third kappa shape index (κ3) is 2.41. The standard InChI is InChI=1S/C22H20N4/c1-4-17-15(3)18(13-23)22-25-19-10-5-6-11-20(19)26(22)21(17)24-16-9-7-8-14(2)12-16/h5-12H,4H2,1-3H3,(H,24,25)/p+1. The second-order valence-electron chi connectivity index (χ2n) is 6.61. The summed E-state index contributed by atoms with van der Waals surface area (Å²) in [6.07, 6.45) is 0.844. The molecule has 4 nitrogen and oxygen atoms in total. The smallest absolute Gasteiger partial charge is 0.250 e. The van der Waals surface area contributed by atoms with E-state index in [-0.39, 0.29) is 0 Å². The topological polar surface area (TPSA) is 55.7 Å². The third-order valence-electron chi connectivity index (χ3n) is 4.94. The molecule has 0 bridgehead atoms. The van der Waals surface area contributed by atoms with E-state index >= 15 is 0 Å². The van der Waals surface area contributed by atoms with Crippen LogP contribution in [-0.2, 0) is 6.42 Å². The zero-order chi connectivity index (χ0) is 18.3. The second-order valence-corrected chi connectivity index (χ2v) is 6.61. The Bertz CT molecular complexity index is 1180. The molecule has 2 aromatic heterocycles. The summed E-state index contributed by atoms with van der Waals surface area (Å²) < 4.78 is 2.14. The molecule has 4 heteroatoms. The van der Waals surface area contributed by atoms with E-state index in [0.717, 1.165) is 45.7 Å². The van der Waals surface area contributed by atoms with E-state index < -0.39 is 0 Å². The maximum absolute atomic E-state index is 9.77. The number of fused-ring (bicyclic) bond motifs is 3. The maximum Gasteiger partial charge on any atom is 0.250 e. The fourth-order valence-corrected chi connectivity index (χ4v) is 3.69. The van der Waals surface area contributed by atoms with Gasteiger partial charge >= 0.3 is 0 Å². The molecule has 0 atom stereocenters. The van der Waals surface area contributed by atoms with Gasteiger partial charge in [0.1, 0.15) is 22.7 Å². The van der Waals surface area contributed by atoms with Crippen LogP contribution in [0.4, 0.5) is 11.5 Å². The Balaban J connectivity index is 2.11. The van der Waals surface area contributed by atoms with Gasteiger partial charge in [0, 0.05) is 5.56 Å². The van der Waals surface area contributed by atoms with Crippen molar-refractivity contribution in [3.05, 3.63) is 70.8 Å². The molecule has 0 aliphatic heterocycles. The fraction of sp³-hybridized carbons (Fsp3) is 0.182. The highest BCUT2D eigenvalue weighted by molar-refractivity contribution is 5.78. The highest BCUT2D eigenvalue weighted by Crippen LogP contribution is 2.28. The summed E-state index contributed by atoms with van der Waals surface area (Å²) in [5.74, 6) is 1.02. The molecule has 0 spiro atoms. The lowest BCUT2D eigenvalue weighted by Gasteiger charge is -2.12. The fourth-order valence-electron chi connectivity index (χ4n) is 3.69. The highest BCUT2D eigenvalue weighted by Gasteiger charge is 2.25. The van der Waals surface area contributed by atoms with Crippen LogP contribution < -0.4 is 9.72 Å². The summed E-state index contributed by atoms with van der Waals surface area (Å²) >= 11 is 0. The number of imidazole rings is 1. The van der Waals surface area contributed by atoms with Gasteiger partial charge in [-0.2, -0.15) is 9.66 Å². The molecule has 2 aromatic carbocycles. The van der Waals surface area contributed by atoms with Gasteiger partial charge < -0.3 is 0 Å². The molecule has 26 heavy (non-hydrogen) atoms. The molecule has 0 amide bonds. The van der Waals surface area contributed by atoms with E-state index in [1.807, 2.05) is 25.1 Å². The van der Waals surface area contributed by atoms with E-state index in [1.54, 1.807) is 0 Å². The van der Waals surface area contributed by atoms with Crippen LogP contribution in [0, 0.1) is 25.2 Å². The minimum atomic E-state index is 0.702. The van der Waals surface area contributed by atoms with Gasteiger partial charge in [-0.05, 0) is 55.7 Å². The molecule has 2 heterocycles. The number of aromatic nitrogens is 2. The number of nitriles is 1. The van der Waals surface area contributed by atoms with Gasteiger partial charge in [0.25, 0.3) is 0 Å². The number of nitrogens with one attached hydrogen (secondary N) is 2. The minimum absolute atomic E-state index is 0.702. The Morgan fingerprint density at radius 3 is 2.65 bits per heavy atom. The molecule has 2 N–H and O–H groups in total. The lowest BCUT2D eigenvalue weighted by Crippen LogP contribution is -2.28. The molecule has 0 saturated carbocycles. The number of H-pyrrole nitrogens is 1. The molecule has 0 unspecified atom stereocenters. The average molecular weight is 341 g/mol. The Morgan fingerprint density at radius 1 is 1.12 bits per heavy atom. The summed E-state index contributed by atoms with van der Waals surface area (Å²) in [6.45, 7) is 6.25. The van der Waals surface area contributed by atoms with Crippen molar-refractivity contribution < 1.29 is 4.40 Å². The van der Waals surface area contributed by atoms with Gasteiger partial charge in [-0.25, -0.2) is 0 Å². The van der Waals surface area contributed by atoms with Crippen molar-refractivity contribution in [3.8, 4) is 6.07 Å². The molecule has 0 aliphatic rings. The molecular formula is C22H21N4+. The van der Waals surface area contributed by atoms with Crippen LogP contribution in [0.25, 0.3) is 16.7 Å². The van der Waals surface area contributed by atoms with E-state index in [4.69, 9.17) is 0 Å². The van der Waals surface area contributed by atoms with Crippen molar-refractivity contribution in [2.24, 2.45) is 0 Å². The van der Waals surface area contributed by atoms with Crippen LogP contribution in [0.3, 0.4) is 0 Å². The normalized spacial score (nSPS) is 11.0. The van der Waals surface area contributed by atoms with Gasteiger partial charge in [0.05, 0.1) is 5.69 Å². The number of anilines is 2. The first-order valence-electron chi connectivity index (χ1n) is 8.85. The number of benzene rings is 2. The maximum atomic E-state index is 9.77. The van der Waals surface area contributed by atoms with Gasteiger partial charge in [0.15, 0.2) is 0 Å². The quantitative estimate of drug-likeness (QED) is 0.531. The van der Waals surface area contributed by atoms with Crippen LogP contribution >= 0.6 is 0 Å². The number of aromatic amines is 1. The molecule has 4 rings (SSSR count). The van der Waals surface area contributed by atoms with Gasteiger partial charge in [-0.1, -0.05) is 31.2 Å². The molecular weight excluding hydrogens is 320 g/mol. The summed E-state index contributed by atoms with van der Waals surface area (Å²) in [4.78, 5) is 3.43. The average Bonchev–Trinajstić information content (AvgIpc) is 3.01. The van der Waals surface area contributed by atoms with Crippen molar-refractivity contribution in [1.82, 2.24) is 4.98 Å². The Labute approximate surface area is 152 Å². The van der Waals surface area contributed by atoms with Gasteiger partial charge in [0.2, 0.25) is 11.5 Å². The number of hydrogen-bond acceptors (Lipinski definition) is 2. The van der Waals surface area contributed by atoms with Crippen LogP contribution in [0.15, 0.2) is 48.5 Å².